The molecular formula is C13H14F4O4. The first-order valence-electron chi connectivity index (χ1n) is 6.05. The van der Waals surface area contributed by atoms with Gasteiger partial charge in [0.2, 0.25) is 0 Å². The number of aliphatic hydroxyl groups is 2. The van der Waals surface area contributed by atoms with E-state index in [0.717, 1.165) is 12.1 Å². The molecule has 0 fully saturated rings. The van der Waals surface area contributed by atoms with Crippen LogP contribution in [0.25, 0.3) is 0 Å². The van der Waals surface area contributed by atoms with Crippen molar-refractivity contribution in [1.82, 2.24) is 0 Å². The van der Waals surface area contributed by atoms with Crippen LogP contribution in [0.3, 0.4) is 0 Å². The third-order valence-electron chi connectivity index (χ3n) is 2.68. The van der Waals surface area contributed by atoms with Crippen molar-refractivity contribution in [3.05, 3.63) is 35.1 Å². The second-order valence-corrected chi connectivity index (χ2v) is 4.25. The molecule has 1 aromatic carbocycles. The molecular weight excluding hydrogens is 296 g/mol. The highest BCUT2D eigenvalue weighted by atomic mass is 19.4. The predicted octanol–water partition coefficient (Wildman–Crippen LogP) is 2.19. The molecule has 0 aliphatic carbocycles. The van der Waals surface area contributed by atoms with E-state index in [2.05, 4.69) is 4.74 Å². The smallest absolute Gasteiger partial charge is 0.416 e. The molecule has 1 aromatic rings. The molecule has 118 valence electrons. The summed E-state index contributed by atoms with van der Waals surface area (Å²) < 4.78 is 55.8. The summed E-state index contributed by atoms with van der Waals surface area (Å²) in [6.07, 6.45) is -9.37. The lowest BCUT2D eigenvalue weighted by molar-refractivity contribution is -0.147. The zero-order valence-electron chi connectivity index (χ0n) is 11.0. The van der Waals surface area contributed by atoms with Gasteiger partial charge in [0.15, 0.2) is 0 Å². The summed E-state index contributed by atoms with van der Waals surface area (Å²) in [6.45, 7) is 1.55. The molecule has 8 heteroatoms. The lowest BCUT2D eigenvalue weighted by atomic mass is 9.96. The minimum Gasteiger partial charge on any atom is -0.466 e. The Hall–Kier alpha value is -1.67. The number of carbonyl (C=O) groups is 1. The van der Waals surface area contributed by atoms with Gasteiger partial charge in [-0.05, 0) is 24.6 Å². The van der Waals surface area contributed by atoms with Gasteiger partial charge in [0.1, 0.15) is 11.9 Å². The van der Waals surface area contributed by atoms with Crippen LogP contribution < -0.4 is 0 Å². The second-order valence-electron chi connectivity index (χ2n) is 4.25. The van der Waals surface area contributed by atoms with E-state index in [1.165, 1.54) is 6.92 Å². The van der Waals surface area contributed by atoms with Crippen LogP contribution in [0.2, 0.25) is 0 Å². The van der Waals surface area contributed by atoms with E-state index < -0.39 is 47.7 Å². The summed E-state index contributed by atoms with van der Waals surface area (Å²) in [4.78, 5) is 11.1. The van der Waals surface area contributed by atoms with Crippen molar-refractivity contribution in [2.24, 2.45) is 0 Å². The van der Waals surface area contributed by atoms with Gasteiger partial charge in [-0.1, -0.05) is 6.07 Å². The molecule has 21 heavy (non-hydrogen) atoms. The normalized spacial score (nSPS) is 14.6. The highest BCUT2D eigenvalue weighted by Gasteiger charge is 2.37. The Morgan fingerprint density at radius 1 is 1.33 bits per heavy atom. The Kier molecular flexibility index (Phi) is 5.68. The minimum absolute atomic E-state index is 0.0337. The lowest BCUT2D eigenvalue weighted by Crippen LogP contribution is -2.25. The molecule has 2 atom stereocenters. The Labute approximate surface area is 118 Å². The fourth-order valence-corrected chi connectivity index (χ4v) is 1.74. The van der Waals surface area contributed by atoms with Crippen molar-refractivity contribution in [3.63, 3.8) is 0 Å². The summed E-state index contributed by atoms with van der Waals surface area (Å²) in [5, 5.41) is 19.4. The van der Waals surface area contributed by atoms with Crippen LogP contribution in [0, 0.1) is 5.82 Å². The molecule has 0 aliphatic rings. The molecule has 0 aliphatic heterocycles. The first-order chi connectivity index (χ1) is 9.66. The quantitative estimate of drug-likeness (QED) is 0.646. The Morgan fingerprint density at radius 3 is 2.48 bits per heavy atom. The number of ether oxygens (including phenoxy) is 1. The molecule has 0 amide bonds. The van der Waals surface area contributed by atoms with Crippen molar-refractivity contribution < 1.29 is 37.3 Å². The molecule has 2 unspecified atom stereocenters. The lowest BCUT2D eigenvalue weighted by Gasteiger charge is -2.21. The summed E-state index contributed by atoms with van der Waals surface area (Å²) in [6, 6.07) is 1.66. The van der Waals surface area contributed by atoms with Gasteiger partial charge in [-0.2, -0.15) is 13.2 Å². The van der Waals surface area contributed by atoms with E-state index >= 15 is 0 Å². The number of carbonyl (C=O) groups excluding carboxylic acids is 1. The number of esters is 1. The molecule has 0 saturated carbocycles. The number of hydrogen-bond donors (Lipinski definition) is 2. The van der Waals surface area contributed by atoms with Crippen LogP contribution in [0.5, 0.6) is 0 Å². The summed E-state index contributed by atoms with van der Waals surface area (Å²) in [5.74, 6) is -1.99. The number of alkyl halides is 3. The maximum Gasteiger partial charge on any atom is 0.416 e. The topological polar surface area (TPSA) is 66.8 Å². The van der Waals surface area contributed by atoms with Gasteiger partial charge in [-0.15, -0.1) is 0 Å². The van der Waals surface area contributed by atoms with E-state index in [1.807, 2.05) is 0 Å². The first kappa shape index (κ1) is 17.4. The van der Waals surface area contributed by atoms with Crippen LogP contribution in [-0.2, 0) is 15.7 Å². The van der Waals surface area contributed by atoms with Crippen molar-refractivity contribution in [2.75, 3.05) is 6.61 Å². The molecule has 4 nitrogen and oxygen atoms in total. The van der Waals surface area contributed by atoms with Crippen LogP contribution in [0.15, 0.2) is 18.2 Å². The van der Waals surface area contributed by atoms with Gasteiger partial charge in [0, 0.05) is 0 Å². The van der Waals surface area contributed by atoms with Gasteiger partial charge in [-0.25, -0.2) is 4.39 Å². The monoisotopic (exact) mass is 310 g/mol. The van der Waals surface area contributed by atoms with E-state index in [-0.39, 0.29) is 12.7 Å². The number of aliphatic hydroxyl groups excluding tert-OH is 2. The third-order valence-corrected chi connectivity index (χ3v) is 2.68. The molecule has 0 aromatic heterocycles. The van der Waals surface area contributed by atoms with Gasteiger partial charge in [0.05, 0.1) is 24.7 Å². The fourth-order valence-electron chi connectivity index (χ4n) is 1.74. The van der Waals surface area contributed by atoms with Crippen LogP contribution >= 0.6 is 0 Å². The fraction of sp³-hybridized carbons (Fsp3) is 0.462. The maximum atomic E-state index is 12.9. The zero-order valence-corrected chi connectivity index (χ0v) is 11.0. The maximum absolute atomic E-state index is 12.9. The van der Waals surface area contributed by atoms with Gasteiger partial charge >= 0.3 is 12.1 Å². The molecule has 0 spiro atoms. The number of halogens is 4. The highest BCUT2D eigenvalue weighted by Crippen LogP contribution is 2.36. The average molecular weight is 310 g/mol. The van der Waals surface area contributed by atoms with E-state index in [4.69, 9.17) is 0 Å². The highest BCUT2D eigenvalue weighted by molar-refractivity contribution is 5.70. The second kappa shape index (κ2) is 6.86. The number of rotatable bonds is 5. The third kappa shape index (κ3) is 4.68. The van der Waals surface area contributed by atoms with Crippen molar-refractivity contribution in [3.8, 4) is 0 Å². The minimum atomic E-state index is -4.90. The van der Waals surface area contributed by atoms with Crippen LogP contribution in [0.4, 0.5) is 17.6 Å². The predicted molar refractivity (Wildman–Crippen MR) is 63.6 cm³/mol. The molecule has 0 radical (unpaired) electrons. The van der Waals surface area contributed by atoms with E-state index in [0.29, 0.717) is 0 Å². The Balaban J connectivity index is 3.01. The zero-order chi connectivity index (χ0) is 16.2. The summed E-state index contributed by atoms with van der Waals surface area (Å²) in [5.41, 5.74) is -2.11. The average Bonchev–Trinajstić information content (AvgIpc) is 2.37. The molecule has 0 saturated heterocycles. The number of benzene rings is 1. The SMILES string of the molecule is CCOC(=O)CC(O)C(O)c1ccc(F)cc1C(F)(F)F. The van der Waals surface area contributed by atoms with Gasteiger partial charge < -0.3 is 14.9 Å². The summed E-state index contributed by atoms with van der Waals surface area (Å²) in [7, 11) is 0. The van der Waals surface area contributed by atoms with Gasteiger partial charge in [0.25, 0.3) is 0 Å². The largest absolute Gasteiger partial charge is 0.466 e. The van der Waals surface area contributed by atoms with Crippen LogP contribution in [-0.4, -0.2) is 28.9 Å². The first-order valence-corrected chi connectivity index (χ1v) is 6.05. The molecule has 0 bridgehead atoms. The Morgan fingerprint density at radius 2 is 1.95 bits per heavy atom. The molecule has 0 heterocycles. The van der Waals surface area contributed by atoms with Crippen LogP contribution in [0.1, 0.15) is 30.6 Å². The standard InChI is InChI=1S/C13H14F4O4/c1-2-21-11(19)6-10(18)12(20)8-4-3-7(14)5-9(8)13(15,16)17/h3-5,10,12,18,20H,2,6H2,1H3. The van der Waals surface area contributed by atoms with E-state index in [9.17, 15) is 32.6 Å². The Bertz CT molecular complexity index is 501. The van der Waals surface area contributed by atoms with Crippen molar-refractivity contribution >= 4 is 5.97 Å². The number of hydrogen-bond acceptors (Lipinski definition) is 4. The molecule has 1 rings (SSSR count). The van der Waals surface area contributed by atoms with E-state index in [1.54, 1.807) is 0 Å². The summed E-state index contributed by atoms with van der Waals surface area (Å²) >= 11 is 0. The van der Waals surface area contributed by atoms with Gasteiger partial charge in [-0.3, -0.25) is 4.79 Å². The molecule has 2 N–H and O–H groups in total. The van der Waals surface area contributed by atoms with Crippen molar-refractivity contribution in [1.29, 1.82) is 0 Å². The van der Waals surface area contributed by atoms with Crippen molar-refractivity contribution in [2.45, 2.75) is 31.7 Å².